The summed E-state index contributed by atoms with van der Waals surface area (Å²) in [6, 6.07) is 2.17. The van der Waals surface area contributed by atoms with Crippen molar-refractivity contribution in [3.05, 3.63) is 23.7 Å². The van der Waals surface area contributed by atoms with E-state index in [0.717, 1.165) is 30.7 Å². The first-order chi connectivity index (χ1) is 8.83. The fourth-order valence-electron chi connectivity index (χ4n) is 2.35. The Kier molecular flexibility index (Phi) is 4.36. The molecule has 1 aliphatic carbocycles. The maximum atomic E-state index is 5.65. The molecule has 1 heterocycles. The summed E-state index contributed by atoms with van der Waals surface area (Å²) < 4.78 is 5.65. The molecule has 0 amide bonds. The minimum Gasteiger partial charge on any atom is -0.468 e. The third-order valence-electron chi connectivity index (χ3n) is 3.78. The van der Waals surface area contributed by atoms with Gasteiger partial charge in [-0.05, 0) is 52.1 Å². The van der Waals surface area contributed by atoms with Crippen molar-refractivity contribution in [1.29, 1.82) is 0 Å². The first-order valence-corrected chi connectivity index (χ1v) is 7.33. The van der Waals surface area contributed by atoms with Gasteiger partial charge in [0.25, 0.3) is 0 Å². The van der Waals surface area contributed by atoms with Gasteiger partial charge in [0.05, 0.1) is 12.8 Å². The highest BCUT2D eigenvalue weighted by Gasteiger charge is 2.33. The van der Waals surface area contributed by atoms with Crippen molar-refractivity contribution in [1.82, 2.24) is 10.2 Å². The number of rotatable bonds is 6. The molecule has 0 aliphatic heterocycles. The van der Waals surface area contributed by atoms with Crippen LogP contribution in [-0.4, -0.2) is 24.0 Å². The van der Waals surface area contributed by atoms with Gasteiger partial charge in [-0.25, -0.2) is 0 Å². The summed E-state index contributed by atoms with van der Waals surface area (Å²) in [5.41, 5.74) is 1.38. The topological polar surface area (TPSA) is 28.4 Å². The van der Waals surface area contributed by atoms with E-state index in [9.17, 15) is 0 Å². The number of nitrogens with zero attached hydrogens (tertiary/aromatic N) is 1. The average Bonchev–Trinajstić information content (AvgIpc) is 2.79. The van der Waals surface area contributed by atoms with Crippen LogP contribution in [0.4, 0.5) is 0 Å². The van der Waals surface area contributed by atoms with Crippen LogP contribution in [0.2, 0.25) is 0 Å². The van der Waals surface area contributed by atoms with Gasteiger partial charge in [0, 0.05) is 24.2 Å². The van der Waals surface area contributed by atoms with E-state index < -0.39 is 0 Å². The normalized spacial score (nSPS) is 23.1. The highest BCUT2D eigenvalue weighted by Crippen LogP contribution is 2.38. The Balaban J connectivity index is 1.76. The van der Waals surface area contributed by atoms with Gasteiger partial charge in [-0.3, -0.25) is 4.90 Å². The third-order valence-corrected chi connectivity index (χ3v) is 3.78. The molecule has 3 nitrogen and oxygen atoms in total. The third kappa shape index (κ3) is 5.00. The van der Waals surface area contributed by atoms with Gasteiger partial charge in [0.15, 0.2) is 0 Å². The lowest BCUT2D eigenvalue weighted by Gasteiger charge is -2.19. The molecule has 19 heavy (non-hydrogen) atoms. The highest BCUT2D eigenvalue weighted by molar-refractivity contribution is 5.13. The van der Waals surface area contributed by atoms with Crippen LogP contribution in [0, 0.1) is 11.8 Å². The van der Waals surface area contributed by atoms with Crippen LogP contribution < -0.4 is 5.32 Å². The molecule has 1 aromatic rings. The molecule has 0 saturated heterocycles. The second-order valence-electron chi connectivity index (χ2n) is 7.19. The van der Waals surface area contributed by atoms with Gasteiger partial charge < -0.3 is 9.73 Å². The van der Waals surface area contributed by atoms with E-state index in [0.29, 0.717) is 0 Å². The fourth-order valence-corrected chi connectivity index (χ4v) is 2.35. The molecule has 2 rings (SSSR count). The van der Waals surface area contributed by atoms with Gasteiger partial charge in [-0.15, -0.1) is 0 Å². The smallest absolute Gasteiger partial charge is 0.118 e. The number of furan rings is 1. The van der Waals surface area contributed by atoms with E-state index >= 15 is 0 Å². The van der Waals surface area contributed by atoms with E-state index in [2.05, 4.69) is 51.0 Å². The molecule has 0 aromatic carbocycles. The Morgan fingerprint density at radius 3 is 2.68 bits per heavy atom. The average molecular weight is 264 g/mol. The number of hydrogen-bond donors (Lipinski definition) is 1. The van der Waals surface area contributed by atoms with Crippen molar-refractivity contribution in [3.63, 3.8) is 0 Å². The van der Waals surface area contributed by atoms with Gasteiger partial charge in [0.1, 0.15) is 5.76 Å². The van der Waals surface area contributed by atoms with Crippen LogP contribution in [0.5, 0.6) is 0 Å². The molecule has 1 N–H and O–H groups in total. The summed E-state index contributed by atoms with van der Waals surface area (Å²) >= 11 is 0. The molecule has 1 aliphatic rings. The van der Waals surface area contributed by atoms with Crippen molar-refractivity contribution >= 4 is 0 Å². The lowest BCUT2D eigenvalue weighted by Crippen LogP contribution is -2.34. The fraction of sp³-hybridized carbons (Fsp3) is 0.750. The molecule has 0 bridgehead atoms. The van der Waals surface area contributed by atoms with Crippen molar-refractivity contribution < 1.29 is 4.42 Å². The second kappa shape index (κ2) is 5.68. The summed E-state index contributed by atoms with van der Waals surface area (Å²) in [6.07, 6.45) is 3.27. The largest absolute Gasteiger partial charge is 0.468 e. The van der Waals surface area contributed by atoms with Gasteiger partial charge in [0.2, 0.25) is 0 Å². The Morgan fingerprint density at radius 1 is 1.42 bits per heavy atom. The van der Waals surface area contributed by atoms with Crippen molar-refractivity contribution in [2.45, 2.75) is 52.7 Å². The summed E-state index contributed by atoms with van der Waals surface area (Å²) in [5, 5.41) is 3.48. The van der Waals surface area contributed by atoms with Crippen LogP contribution in [0.1, 0.15) is 45.4 Å². The standard InChI is InChI=1S/C16H28N2O/c1-12-6-14(12)9-18(5)10-15-7-13(11-19-15)8-17-16(2,3)4/h7,11-12,14,17H,6,8-10H2,1-5H3. The van der Waals surface area contributed by atoms with Crippen molar-refractivity contribution in [2.24, 2.45) is 11.8 Å². The van der Waals surface area contributed by atoms with Crippen LogP contribution in [0.15, 0.2) is 16.7 Å². The molecule has 2 unspecified atom stereocenters. The molecule has 0 radical (unpaired) electrons. The van der Waals surface area contributed by atoms with Gasteiger partial charge in [-0.2, -0.15) is 0 Å². The maximum absolute atomic E-state index is 5.65. The molecule has 1 saturated carbocycles. The van der Waals surface area contributed by atoms with E-state index in [1.807, 2.05) is 6.26 Å². The van der Waals surface area contributed by atoms with Crippen LogP contribution in [-0.2, 0) is 13.1 Å². The highest BCUT2D eigenvalue weighted by atomic mass is 16.3. The summed E-state index contributed by atoms with van der Waals surface area (Å²) in [6.45, 7) is 11.9. The maximum Gasteiger partial charge on any atom is 0.118 e. The lowest BCUT2D eigenvalue weighted by atomic mass is 10.1. The lowest BCUT2D eigenvalue weighted by molar-refractivity contribution is 0.280. The van der Waals surface area contributed by atoms with Gasteiger partial charge in [-0.1, -0.05) is 6.92 Å². The van der Waals surface area contributed by atoms with Crippen molar-refractivity contribution in [2.75, 3.05) is 13.6 Å². The first kappa shape index (κ1) is 14.6. The summed E-state index contributed by atoms with van der Waals surface area (Å²) in [5.74, 6) is 2.90. The number of nitrogens with one attached hydrogen (secondary N) is 1. The second-order valence-corrected chi connectivity index (χ2v) is 7.19. The quantitative estimate of drug-likeness (QED) is 0.855. The molecule has 2 atom stereocenters. The van der Waals surface area contributed by atoms with Gasteiger partial charge >= 0.3 is 0 Å². The zero-order chi connectivity index (χ0) is 14.0. The number of hydrogen-bond acceptors (Lipinski definition) is 3. The van der Waals surface area contributed by atoms with E-state index in [1.54, 1.807) is 0 Å². The zero-order valence-corrected chi connectivity index (χ0v) is 13.0. The van der Waals surface area contributed by atoms with Crippen LogP contribution >= 0.6 is 0 Å². The molecular weight excluding hydrogens is 236 g/mol. The molecular formula is C16H28N2O. The molecule has 1 aromatic heterocycles. The van der Waals surface area contributed by atoms with E-state index in [-0.39, 0.29) is 5.54 Å². The Bertz CT molecular complexity index is 405. The van der Waals surface area contributed by atoms with Crippen LogP contribution in [0.25, 0.3) is 0 Å². The zero-order valence-electron chi connectivity index (χ0n) is 13.0. The Morgan fingerprint density at radius 2 is 2.11 bits per heavy atom. The minimum absolute atomic E-state index is 0.149. The molecule has 0 spiro atoms. The Labute approximate surface area is 117 Å². The van der Waals surface area contributed by atoms with Crippen molar-refractivity contribution in [3.8, 4) is 0 Å². The van der Waals surface area contributed by atoms with Crippen LogP contribution in [0.3, 0.4) is 0 Å². The summed E-state index contributed by atoms with van der Waals surface area (Å²) in [7, 11) is 2.18. The van der Waals surface area contributed by atoms with E-state index in [4.69, 9.17) is 4.42 Å². The first-order valence-electron chi connectivity index (χ1n) is 7.33. The minimum atomic E-state index is 0.149. The Hall–Kier alpha value is -0.800. The molecule has 1 fully saturated rings. The predicted octanol–water partition coefficient (Wildman–Crippen LogP) is 3.26. The SMILES string of the molecule is CC1CC1CN(C)Cc1cc(CNC(C)(C)C)co1. The summed E-state index contributed by atoms with van der Waals surface area (Å²) in [4.78, 5) is 2.37. The molecule has 108 valence electrons. The monoisotopic (exact) mass is 264 g/mol. The molecule has 3 heteroatoms. The predicted molar refractivity (Wildman–Crippen MR) is 78.9 cm³/mol. The van der Waals surface area contributed by atoms with E-state index in [1.165, 1.54) is 18.5 Å².